The number of anilines is 1. The van der Waals surface area contributed by atoms with Gasteiger partial charge in [0.1, 0.15) is 17.6 Å². The van der Waals surface area contributed by atoms with E-state index < -0.39 is 11.8 Å². The van der Waals surface area contributed by atoms with Crippen LogP contribution in [0, 0.1) is 6.92 Å². The molecule has 22 heavy (non-hydrogen) atoms. The molecule has 1 aromatic carbocycles. The Hall–Kier alpha value is -2.83. The van der Waals surface area contributed by atoms with Crippen molar-refractivity contribution in [3.8, 4) is 5.75 Å². The molecule has 0 aliphatic carbocycles. The van der Waals surface area contributed by atoms with E-state index in [9.17, 15) is 9.59 Å². The van der Waals surface area contributed by atoms with Gasteiger partial charge in [-0.15, -0.1) is 0 Å². The number of nitrogens with zero attached hydrogens (tertiary/aromatic N) is 1. The Bertz CT molecular complexity index is 685. The molecular weight excluding hydrogens is 286 g/mol. The molecule has 1 aliphatic heterocycles. The Labute approximate surface area is 126 Å². The summed E-state index contributed by atoms with van der Waals surface area (Å²) in [6, 6.07) is 9.24. The number of carbonyl (C=O) groups excluding carboxylic acids is 2. The van der Waals surface area contributed by atoms with Gasteiger partial charge < -0.3 is 14.6 Å². The summed E-state index contributed by atoms with van der Waals surface area (Å²) in [5.41, 5.74) is 1.10. The molecule has 0 spiro atoms. The first kappa shape index (κ1) is 14.1. The van der Waals surface area contributed by atoms with Crippen LogP contribution in [-0.2, 0) is 16.0 Å². The summed E-state index contributed by atoms with van der Waals surface area (Å²) in [6.45, 7) is 1.95. The molecule has 0 saturated heterocycles. The van der Waals surface area contributed by atoms with Gasteiger partial charge in [-0.2, -0.15) is 0 Å². The molecule has 1 unspecified atom stereocenters. The molecule has 0 saturated carbocycles. The zero-order valence-corrected chi connectivity index (χ0v) is 12.0. The predicted octanol–water partition coefficient (Wildman–Crippen LogP) is 1.04. The fourth-order valence-electron chi connectivity index (χ4n) is 2.25. The molecule has 1 atom stereocenters. The first-order valence-corrected chi connectivity index (χ1v) is 6.89. The zero-order chi connectivity index (χ0) is 15.5. The number of carbonyl (C=O) groups is 2. The predicted molar refractivity (Wildman–Crippen MR) is 77.4 cm³/mol. The van der Waals surface area contributed by atoms with Gasteiger partial charge in [-0.1, -0.05) is 23.4 Å². The van der Waals surface area contributed by atoms with Crippen molar-refractivity contribution in [3.05, 3.63) is 41.7 Å². The summed E-state index contributed by atoms with van der Waals surface area (Å²) in [7, 11) is 0. The van der Waals surface area contributed by atoms with Crippen molar-refractivity contribution in [2.75, 3.05) is 11.9 Å². The van der Waals surface area contributed by atoms with Crippen LogP contribution in [0.15, 0.2) is 34.9 Å². The summed E-state index contributed by atoms with van der Waals surface area (Å²) < 4.78 is 10.5. The summed E-state index contributed by atoms with van der Waals surface area (Å²) in [6.07, 6.45) is 0.545. The molecule has 0 radical (unpaired) electrons. The van der Waals surface area contributed by atoms with E-state index in [0.717, 1.165) is 11.3 Å². The number of aryl methyl sites for hydroxylation is 1. The molecule has 2 N–H and O–H groups in total. The lowest BCUT2D eigenvalue weighted by Crippen LogP contribution is -2.40. The second-order valence-corrected chi connectivity index (χ2v) is 5.04. The fraction of sp³-hybridized carbons (Fsp3) is 0.267. The third-order valence-electron chi connectivity index (χ3n) is 3.28. The maximum absolute atomic E-state index is 11.7. The van der Waals surface area contributed by atoms with Crippen LogP contribution in [0.2, 0.25) is 0 Å². The molecule has 0 bridgehead atoms. The van der Waals surface area contributed by atoms with E-state index in [-0.39, 0.29) is 18.5 Å². The first-order valence-electron chi connectivity index (χ1n) is 6.89. The van der Waals surface area contributed by atoms with Crippen molar-refractivity contribution in [1.82, 2.24) is 10.5 Å². The van der Waals surface area contributed by atoms with E-state index in [1.54, 1.807) is 6.92 Å². The number of hydrogen-bond donors (Lipinski definition) is 2. The minimum absolute atomic E-state index is 0.163. The Morgan fingerprint density at radius 3 is 2.86 bits per heavy atom. The number of aromatic nitrogens is 1. The highest BCUT2D eigenvalue weighted by molar-refractivity contribution is 6.39. The molecular formula is C15H15N3O4. The van der Waals surface area contributed by atoms with E-state index in [2.05, 4.69) is 15.8 Å². The van der Waals surface area contributed by atoms with Gasteiger partial charge in [-0.3, -0.25) is 14.9 Å². The van der Waals surface area contributed by atoms with E-state index in [4.69, 9.17) is 9.26 Å². The molecule has 2 heterocycles. The molecule has 2 amide bonds. The van der Waals surface area contributed by atoms with E-state index in [1.807, 2.05) is 24.3 Å². The lowest BCUT2D eigenvalue weighted by molar-refractivity contribution is -0.136. The van der Waals surface area contributed by atoms with Crippen molar-refractivity contribution in [1.29, 1.82) is 0 Å². The van der Waals surface area contributed by atoms with Crippen LogP contribution < -0.4 is 15.4 Å². The average Bonchev–Trinajstić information content (AvgIpc) is 3.10. The maximum atomic E-state index is 11.7. The topological polar surface area (TPSA) is 93.5 Å². The van der Waals surface area contributed by atoms with Crippen LogP contribution >= 0.6 is 0 Å². The van der Waals surface area contributed by atoms with Crippen molar-refractivity contribution in [2.45, 2.75) is 19.4 Å². The van der Waals surface area contributed by atoms with Gasteiger partial charge in [0.2, 0.25) is 0 Å². The Morgan fingerprint density at radius 1 is 1.32 bits per heavy atom. The number of nitrogens with one attached hydrogen (secondary N) is 2. The molecule has 7 heteroatoms. The third kappa shape index (κ3) is 3.08. The van der Waals surface area contributed by atoms with Crippen LogP contribution in [0.25, 0.3) is 0 Å². The van der Waals surface area contributed by atoms with Crippen LogP contribution in [-0.4, -0.2) is 29.6 Å². The molecule has 2 aromatic rings. The quantitative estimate of drug-likeness (QED) is 0.826. The van der Waals surface area contributed by atoms with Gasteiger partial charge in [0.25, 0.3) is 0 Å². The lowest BCUT2D eigenvalue weighted by atomic mass is 10.1. The smallest absolute Gasteiger partial charge is 0.314 e. The number of rotatable bonds is 3. The molecule has 0 fully saturated rings. The molecule has 1 aromatic heterocycles. The highest BCUT2D eigenvalue weighted by Gasteiger charge is 2.24. The second kappa shape index (κ2) is 5.88. The van der Waals surface area contributed by atoms with Crippen LogP contribution in [0.4, 0.5) is 5.82 Å². The third-order valence-corrected chi connectivity index (χ3v) is 3.28. The highest BCUT2D eigenvalue weighted by Crippen LogP contribution is 2.27. The molecule has 114 valence electrons. The summed E-state index contributed by atoms with van der Waals surface area (Å²) in [5, 5.41) is 8.50. The largest absolute Gasteiger partial charge is 0.488 e. The standard InChI is InChI=1S/C15H15N3O4/c1-9-6-13(18-22-9)17-15(20)14(19)16-8-11-7-10-4-2-3-5-12(10)21-11/h2-6,11H,7-8H2,1H3,(H,16,19)(H,17,18,20). The lowest BCUT2D eigenvalue weighted by Gasteiger charge is -2.11. The molecule has 3 rings (SSSR count). The second-order valence-electron chi connectivity index (χ2n) is 5.04. The fourth-order valence-corrected chi connectivity index (χ4v) is 2.25. The summed E-state index contributed by atoms with van der Waals surface area (Å²) in [5.74, 6) is 0.0586. The number of benzene rings is 1. The monoisotopic (exact) mass is 301 g/mol. The maximum Gasteiger partial charge on any atom is 0.314 e. The number of para-hydroxylation sites is 1. The van der Waals surface area contributed by atoms with Crippen LogP contribution in [0.1, 0.15) is 11.3 Å². The number of amides is 2. The van der Waals surface area contributed by atoms with Gasteiger partial charge in [-0.25, -0.2) is 0 Å². The first-order chi connectivity index (χ1) is 10.6. The van der Waals surface area contributed by atoms with Crippen molar-refractivity contribution in [2.24, 2.45) is 0 Å². The van der Waals surface area contributed by atoms with Gasteiger partial charge in [-0.05, 0) is 18.6 Å². The van der Waals surface area contributed by atoms with Gasteiger partial charge >= 0.3 is 11.8 Å². The highest BCUT2D eigenvalue weighted by atomic mass is 16.5. The number of fused-ring (bicyclic) bond motifs is 1. The zero-order valence-electron chi connectivity index (χ0n) is 12.0. The van der Waals surface area contributed by atoms with E-state index in [1.165, 1.54) is 6.07 Å². The van der Waals surface area contributed by atoms with Crippen molar-refractivity contribution in [3.63, 3.8) is 0 Å². The normalized spacial score (nSPS) is 15.8. The minimum atomic E-state index is -0.788. The Morgan fingerprint density at radius 2 is 2.14 bits per heavy atom. The molecule has 7 nitrogen and oxygen atoms in total. The van der Waals surface area contributed by atoms with E-state index >= 15 is 0 Å². The number of ether oxygens (including phenoxy) is 1. The Balaban J connectivity index is 1.48. The summed E-state index contributed by atoms with van der Waals surface area (Å²) in [4.78, 5) is 23.4. The molecule has 1 aliphatic rings. The van der Waals surface area contributed by atoms with Gasteiger partial charge in [0.05, 0.1) is 6.54 Å². The minimum Gasteiger partial charge on any atom is -0.488 e. The summed E-state index contributed by atoms with van der Waals surface area (Å²) >= 11 is 0. The average molecular weight is 301 g/mol. The Kier molecular flexibility index (Phi) is 3.78. The van der Waals surface area contributed by atoms with Crippen LogP contribution in [0.3, 0.4) is 0 Å². The van der Waals surface area contributed by atoms with Crippen LogP contribution in [0.5, 0.6) is 5.75 Å². The van der Waals surface area contributed by atoms with E-state index in [0.29, 0.717) is 12.2 Å². The van der Waals surface area contributed by atoms with Gasteiger partial charge in [0.15, 0.2) is 5.82 Å². The van der Waals surface area contributed by atoms with Gasteiger partial charge in [0, 0.05) is 12.5 Å². The SMILES string of the molecule is Cc1cc(NC(=O)C(=O)NCC2Cc3ccccc3O2)no1. The number of hydrogen-bond acceptors (Lipinski definition) is 5. The van der Waals surface area contributed by atoms with Crippen molar-refractivity contribution >= 4 is 17.6 Å². The van der Waals surface area contributed by atoms with Crippen molar-refractivity contribution < 1.29 is 18.8 Å².